The van der Waals surface area contributed by atoms with Crippen LogP contribution in [0.3, 0.4) is 0 Å². The van der Waals surface area contributed by atoms with Crippen molar-refractivity contribution in [1.29, 1.82) is 0 Å². The Kier molecular flexibility index (Phi) is 4.50. The molecule has 3 aliphatic rings. The molecule has 0 amide bonds. The fraction of sp³-hybridized carbons (Fsp3) is 0.727. The molecule has 3 fully saturated rings. The van der Waals surface area contributed by atoms with Gasteiger partial charge in [0.1, 0.15) is 1.41 Å². The van der Waals surface area contributed by atoms with E-state index in [1.165, 1.54) is 69.0 Å². The number of hydrogen-bond donors (Lipinski definition) is 1. The molecule has 0 bridgehead atoms. The Bertz CT molecular complexity index is 577. The maximum Gasteiger partial charge on any atom is 0.125 e. The third-order valence-corrected chi connectivity index (χ3v) is 6.89. The summed E-state index contributed by atoms with van der Waals surface area (Å²) in [5.74, 6) is 1.37. The highest BCUT2D eigenvalue weighted by molar-refractivity contribution is 5.56. The van der Waals surface area contributed by atoms with Crippen LogP contribution in [0.1, 0.15) is 70.3 Å². The van der Waals surface area contributed by atoms with Crippen LogP contribution in [0.5, 0.6) is 0 Å². The maximum atomic E-state index is 9.12. The molecule has 2 nitrogen and oxygen atoms in total. The van der Waals surface area contributed by atoms with Gasteiger partial charge in [0.05, 0.1) is 6.17 Å². The van der Waals surface area contributed by atoms with Gasteiger partial charge in [-0.25, -0.2) is 0 Å². The molecule has 1 aromatic rings. The summed E-state index contributed by atoms with van der Waals surface area (Å²) in [4.78, 5) is 2.64. The van der Waals surface area contributed by atoms with Gasteiger partial charge in [-0.2, -0.15) is 0 Å². The number of anilines is 1. The first-order valence-electron chi connectivity index (χ1n) is 10.7. The summed E-state index contributed by atoms with van der Waals surface area (Å²) < 4.78 is 9.12. The van der Waals surface area contributed by atoms with Crippen molar-refractivity contribution < 1.29 is 1.41 Å². The van der Waals surface area contributed by atoms with Crippen molar-refractivity contribution in [3.05, 3.63) is 29.8 Å². The van der Waals surface area contributed by atoms with Crippen molar-refractivity contribution in [2.75, 3.05) is 4.90 Å². The molecule has 1 heterocycles. The number of para-hydroxylation sites is 1. The molecule has 24 heavy (non-hydrogen) atoms. The van der Waals surface area contributed by atoms with Crippen LogP contribution in [0.4, 0.5) is 5.69 Å². The molecule has 2 unspecified atom stereocenters. The maximum absolute atomic E-state index is 9.12. The second-order valence-corrected chi connectivity index (χ2v) is 8.43. The van der Waals surface area contributed by atoms with Crippen molar-refractivity contribution in [3.8, 4) is 0 Å². The summed E-state index contributed by atoms with van der Waals surface area (Å²) in [6, 6.07) is 9.66. The molecule has 0 spiro atoms. The van der Waals surface area contributed by atoms with Crippen LogP contribution < -0.4 is 10.2 Å². The number of benzene rings is 1. The van der Waals surface area contributed by atoms with Crippen LogP contribution in [0.25, 0.3) is 0 Å². The summed E-state index contributed by atoms with van der Waals surface area (Å²) >= 11 is 0. The van der Waals surface area contributed by atoms with E-state index in [1.54, 1.807) is 0 Å². The highest BCUT2D eigenvalue weighted by atomic mass is 15.4. The van der Waals surface area contributed by atoms with Crippen LogP contribution in [0.2, 0.25) is 1.41 Å². The van der Waals surface area contributed by atoms with Crippen LogP contribution in [0.15, 0.2) is 24.3 Å². The first-order valence-corrected chi connectivity index (χ1v) is 10.3. The summed E-state index contributed by atoms with van der Waals surface area (Å²) in [7, 11) is 0. The van der Waals surface area contributed by atoms with Crippen LogP contribution in [0, 0.1) is 18.8 Å². The van der Waals surface area contributed by atoms with E-state index in [0.717, 1.165) is 0 Å². The minimum atomic E-state index is 0.269. The molecular formula is C22H34N2. The Morgan fingerprint density at radius 1 is 0.958 bits per heavy atom. The number of nitrogens with zero attached hydrogens (tertiary/aromatic N) is 1. The Balaban J connectivity index is 1.69. The third kappa shape index (κ3) is 2.98. The van der Waals surface area contributed by atoms with E-state index in [1.807, 2.05) is 0 Å². The molecule has 2 heteroatoms. The molecule has 2 saturated carbocycles. The van der Waals surface area contributed by atoms with Gasteiger partial charge in [-0.15, -0.1) is 0 Å². The lowest BCUT2D eigenvalue weighted by Gasteiger charge is -2.35. The van der Waals surface area contributed by atoms with Gasteiger partial charge in [0.2, 0.25) is 0 Å². The lowest BCUT2D eigenvalue weighted by molar-refractivity contribution is 0.263. The van der Waals surface area contributed by atoms with Gasteiger partial charge >= 0.3 is 0 Å². The van der Waals surface area contributed by atoms with Gasteiger partial charge in [0, 0.05) is 17.8 Å². The largest absolute Gasteiger partial charge is 0.351 e. The molecular weight excluding hydrogens is 292 g/mol. The molecule has 1 N–H and O–H groups in total. The molecule has 0 radical (unpaired) electrons. The van der Waals surface area contributed by atoms with E-state index in [2.05, 4.69) is 48.3 Å². The Labute approximate surface area is 149 Å². The monoisotopic (exact) mass is 327 g/mol. The van der Waals surface area contributed by atoms with Crippen LogP contribution >= 0.6 is 0 Å². The van der Waals surface area contributed by atoms with Crippen molar-refractivity contribution in [2.24, 2.45) is 11.8 Å². The zero-order valence-corrected chi connectivity index (χ0v) is 15.5. The lowest BCUT2D eigenvalue weighted by Crippen LogP contribution is -2.43. The van der Waals surface area contributed by atoms with E-state index in [-0.39, 0.29) is 6.17 Å². The number of nitrogens with one attached hydrogen (secondary N) is 1. The quantitative estimate of drug-likeness (QED) is 0.815. The van der Waals surface area contributed by atoms with Crippen molar-refractivity contribution in [1.82, 2.24) is 5.31 Å². The predicted octanol–water partition coefficient (Wildman–Crippen LogP) is 5.26. The molecule has 132 valence electrons. The summed E-state index contributed by atoms with van der Waals surface area (Å²) in [6.45, 7) is 4.62. The second-order valence-electron chi connectivity index (χ2n) is 8.43. The van der Waals surface area contributed by atoms with Gasteiger partial charge in [0.15, 0.2) is 0 Å². The van der Waals surface area contributed by atoms with Crippen molar-refractivity contribution in [2.45, 2.75) is 89.9 Å². The molecule has 1 aliphatic heterocycles. The van der Waals surface area contributed by atoms with Gasteiger partial charge < -0.3 is 4.90 Å². The molecule has 1 aromatic carbocycles. The fourth-order valence-electron chi connectivity index (χ4n) is 5.59. The SMILES string of the molecule is [2H]N1C(C2CCCCC2)[C@H](C)N(c2ccccc2C)C1C1CCCC1. The van der Waals surface area contributed by atoms with E-state index in [4.69, 9.17) is 1.41 Å². The van der Waals surface area contributed by atoms with Crippen molar-refractivity contribution in [3.63, 3.8) is 0 Å². The predicted molar refractivity (Wildman–Crippen MR) is 102 cm³/mol. The minimum absolute atomic E-state index is 0.269. The van der Waals surface area contributed by atoms with Crippen LogP contribution in [-0.4, -0.2) is 18.2 Å². The van der Waals surface area contributed by atoms with Gasteiger partial charge in [-0.3, -0.25) is 5.31 Å². The van der Waals surface area contributed by atoms with E-state index >= 15 is 0 Å². The molecule has 0 aromatic heterocycles. The van der Waals surface area contributed by atoms with Crippen LogP contribution in [-0.2, 0) is 0 Å². The molecule has 3 atom stereocenters. The zero-order chi connectivity index (χ0) is 17.4. The average molecular weight is 328 g/mol. The summed E-state index contributed by atoms with van der Waals surface area (Å²) in [5.41, 5.74) is 2.72. The van der Waals surface area contributed by atoms with Gasteiger partial charge in [-0.05, 0) is 63.0 Å². The fourth-order valence-corrected chi connectivity index (χ4v) is 5.59. The lowest BCUT2D eigenvalue weighted by atomic mass is 9.82. The second kappa shape index (κ2) is 7.07. The van der Waals surface area contributed by atoms with Crippen molar-refractivity contribution >= 4 is 5.69 Å². The smallest absolute Gasteiger partial charge is 0.125 e. The number of rotatable bonds is 3. The normalized spacial score (nSPS) is 34.0. The van der Waals surface area contributed by atoms with Gasteiger partial charge in [-0.1, -0.05) is 50.3 Å². The topological polar surface area (TPSA) is 15.3 Å². The third-order valence-electron chi connectivity index (χ3n) is 6.89. The van der Waals surface area contributed by atoms with E-state index in [9.17, 15) is 0 Å². The first-order chi connectivity index (χ1) is 12.2. The number of aryl methyl sites for hydroxylation is 1. The molecule has 1 saturated heterocycles. The molecule has 4 rings (SSSR count). The van der Waals surface area contributed by atoms with Gasteiger partial charge in [0.25, 0.3) is 0 Å². The summed E-state index contributed by atoms with van der Waals surface area (Å²) in [6.07, 6.45) is 12.3. The van der Waals surface area contributed by atoms with E-state index < -0.39 is 0 Å². The summed E-state index contributed by atoms with van der Waals surface area (Å²) in [5, 5.41) is 2.06. The Hall–Kier alpha value is -1.02. The standard InChI is InChI=1S/C22H34N2/c1-16-10-6-9-15-20(16)24-17(2)21(18-11-4-3-5-12-18)23-22(24)19-13-7-8-14-19/h6,9-10,15,17-19,21-23H,3-5,7-8,11-14H2,1-2H3/t17-,21?,22?/m0/s1/i/hD. The Morgan fingerprint density at radius 3 is 2.29 bits per heavy atom. The minimum Gasteiger partial charge on any atom is -0.351 e. The Morgan fingerprint density at radius 2 is 1.58 bits per heavy atom. The molecule has 2 aliphatic carbocycles. The average Bonchev–Trinajstić information content (AvgIpc) is 3.23. The number of hydrogen-bond acceptors (Lipinski definition) is 2. The van der Waals surface area contributed by atoms with E-state index in [0.29, 0.717) is 23.9 Å². The zero-order valence-electron chi connectivity index (χ0n) is 16.5. The highest BCUT2D eigenvalue weighted by Gasteiger charge is 2.45. The first kappa shape index (κ1) is 15.3. The highest BCUT2D eigenvalue weighted by Crippen LogP contribution is 2.41.